The Morgan fingerprint density at radius 1 is 0.933 bits per heavy atom. The van der Waals surface area contributed by atoms with Crippen LogP contribution in [0.3, 0.4) is 0 Å². The second-order valence-corrected chi connectivity index (χ2v) is 12.0. The van der Waals surface area contributed by atoms with Gasteiger partial charge in [-0.05, 0) is 54.8 Å². The third-order valence-corrected chi connectivity index (χ3v) is 9.01. The maximum atomic E-state index is 13.9. The topological polar surface area (TPSA) is 101 Å². The van der Waals surface area contributed by atoms with Crippen molar-refractivity contribution in [2.45, 2.75) is 19.3 Å². The summed E-state index contributed by atoms with van der Waals surface area (Å²) in [6.07, 6.45) is 6.10. The van der Waals surface area contributed by atoms with E-state index in [9.17, 15) is 14.4 Å². The molecule has 10 nitrogen and oxygen atoms in total. The third kappa shape index (κ3) is 5.52. The minimum Gasteiger partial charge on any atom is -0.492 e. The first-order chi connectivity index (χ1) is 21.9. The van der Waals surface area contributed by atoms with Gasteiger partial charge in [0.1, 0.15) is 23.7 Å². The fraction of sp³-hybridized carbons (Fsp3) is 0.314. The van der Waals surface area contributed by atoms with Crippen molar-refractivity contribution >= 4 is 34.3 Å². The Morgan fingerprint density at radius 2 is 1.78 bits per heavy atom. The zero-order valence-electron chi connectivity index (χ0n) is 25.5. The molecule has 1 saturated heterocycles. The number of ether oxygens (including phenoxy) is 1. The number of nitrogens with zero attached hydrogens (tertiary/aromatic N) is 5. The Hall–Kier alpha value is -5.12. The van der Waals surface area contributed by atoms with E-state index in [-0.39, 0.29) is 23.6 Å². The molecular weight excluding hydrogens is 568 g/mol. The number of aryl methyl sites for hydroxylation is 2. The lowest BCUT2D eigenvalue weighted by molar-refractivity contribution is -0.124. The number of nitrogens with one attached hydrogen (secondary N) is 1. The van der Waals surface area contributed by atoms with Crippen molar-refractivity contribution in [1.29, 1.82) is 0 Å². The van der Waals surface area contributed by atoms with Crippen LogP contribution >= 0.6 is 0 Å². The van der Waals surface area contributed by atoms with Gasteiger partial charge in [0.15, 0.2) is 0 Å². The van der Waals surface area contributed by atoms with Crippen LogP contribution in [-0.2, 0) is 11.8 Å². The van der Waals surface area contributed by atoms with Crippen LogP contribution in [0.5, 0.6) is 5.75 Å². The number of benzene rings is 2. The highest BCUT2D eigenvalue weighted by molar-refractivity contribution is 6.07. The molecule has 0 spiro atoms. The minimum absolute atomic E-state index is 0.0753. The van der Waals surface area contributed by atoms with Crippen LogP contribution in [0.2, 0.25) is 0 Å². The quantitative estimate of drug-likeness (QED) is 0.328. The molecule has 7 rings (SSSR count). The third-order valence-electron chi connectivity index (χ3n) is 9.01. The summed E-state index contributed by atoms with van der Waals surface area (Å²) < 4.78 is 9.96. The molecule has 0 unspecified atom stereocenters. The van der Waals surface area contributed by atoms with E-state index in [1.165, 1.54) is 0 Å². The second kappa shape index (κ2) is 11.8. The van der Waals surface area contributed by atoms with Crippen LogP contribution in [0, 0.1) is 12.8 Å². The lowest BCUT2D eigenvalue weighted by Crippen LogP contribution is -2.39. The zero-order chi connectivity index (χ0) is 31.1. The number of amides is 3. The summed E-state index contributed by atoms with van der Waals surface area (Å²) >= 11 is 0. The van der Waals surface area contributed by atoms with E-state index in [4.69, 9.17) is 4.74 Å². The second-order valence-electron chi connectivity index (χ2n) is 12.0. The van der Waals surface area contributed by atoms with E-state index in [2.05, 4.69) is 10.3 Å². The van der Waals surface area contributed by atoms with Crippen LogP contribution in [0.4, 0.5) is 0 Å². The van der Waals surface area contributed by atoms with Gasteiger partial charge < -0.3 is 28.8 Å². The Morgan fingerprint density at radius 3 is 2.67 bits per heavy atom. The normalized spacial score (nSPS) is 19.2. The summed E-state index contributed by atoms with van der Waals surface area (Å²) in [4.78, 5) is 49.2. The molecule has 5 heterocycles. The summed E-state index contributed by atoms with van der Waals surface area (Å²) in [6.45, 7) is 4.29. The van der Waals surface area contributed by atoms with Crippen LogP contribution in [0.25, 0.3) is 16.6 Å². The Kier molecular flexibility index (Phi) is 7.48. The molecular formula is C35H36N6O4. The molecule has 45 heavy (non-hydrogen) atoms. The highest BCUT2D eigenvalue weighted by Gasteiger charge is 2.41. The van der Waals surface area contributed by atoms with Gasteiger partial charge in [-0.2, -0.15) is 0 Å². The summed E-state index contributed by atoms with van der Waals surface area (Å²) in [5.74, 6) is -0.268. The van der Waals surface area contributed by atoms with E-state index in [1.807, 2.05) is 96.0 Å². The van der Waals surface area contributed by atoms with Gasteiger partial charge >= 0.3 is 0 Å². The number of hydrogen-bond acceptors (Lipinski definition) is 5. The molecule has 0 saturated carbocycles. The van der Waals surface area contributed by atoms with Crippen molar-refractivity contribution in [2.75, 3.05) is 39.3 Å². The lowest BCUT2D eigenvalue weighted by atomic mass is 9.88. The van der Waals surface area contributed by atoms with Gasteiger partial charge in [-0.3, -0.25) is 14.4 Å². The number of fused-ring (bicyclic) bond motifs is 6. The summed E-state index contributed by atoms with van der Waals surface area (Å²) in [5.41, 5.74) is 4.75. The predicted molar refractivity (Wildman–Crippen MR) is 170 cm³/mol. The molecule has 1 fully saturated rings. The van der Waals surface area contributed by atoms with Crippen LogP contribution in [0.1, 0.15) is 44.3 Å². The molecule has 2 bridgehead atoms. The molecule has 2 atom stereocenters. The number of aromatic nitrogens is 3. The van der Waals surface area contributed by atoms with Gasteiger partial charge in [-0.1, -0.05) is 30.3 Å². The van der Waals surface area contributed by atoms with E-state index in [1.54, 1.807) is 16.0 Å². The molecule has 0 radical (unpaired) electrons. The number of rotatable bonds is 2. The zero-order valence-corrected chi connectivity index (χ0v) is 25.5. The van der Waals surface area contributed by atoms with Crippen molar-refractivity contribution in [2.24, 2.45) is 13.0 Å². The fourth-order valence-corrected chi connectivity index (χ4v) is 6.64. The number of hydrogen-bond donors (Lipinski definition) is 1. The van der Waals surface area contributed by atoms with E-state index in [0.29, 0.717) is 62.8 Å². The van der Waals surface area contributed by atoms with Gasteiger partial charge in [0.25, 0.3) is 11.8 Å². The number of pyridine rings is 1. The Labute approximate surface area is 261 Å². The first-order valence-electron chi connectivity index (χ1n) is 15.4. The molecule has 1 N–H and O–H groups in total. The standard InChI is InChI=1S/C35H36N6O4/c1-23-11-14-40-22-30(37-32(40)17-23)35(44)39-13-6-12-36-33(42)28-21-41(20-27(28)24-7-5-8-25(18-24)45-16-15-39)34(43)29-19-38(2)31-10-4-3-9-26(29)31/h3-5,7-11,14,17-19,22,27-28H,6,12-13,15-16,20-21H2,1-2H3,(H,36,42)/t27-,28+/m1/s1. The Balaban J connectivity index is 1.11. The molecule has 2 aromatic carbocycles. The molecule has 3 aromatic heterocycles. The smallest absolute Gasteiger partial charge is 0.274 e. The first-order valence-corrected chi connectivity index (χ1v) is 15.4. The van der Waals surface area contributed by atoms with E-state index in [0.717, 1.165) is 27.7 Å². The highest BCUT2D eigenvalue weighted by Crippen LogP contribution is 2.36. The van der Waals surface area contributed by atoms with E-state index >= 15 is 0 Å². The first kappa shape index (κ1) is 28.6. The van der Waals surface area contributed by atoms with Crippen LogP contribution in [0.15, 0.2) is 79.3 Å². The largest absolute Gasteiger partial charge is 0.492 e. The molecule has 10 heteroatoms. The maximum Gasteiger partial charge on any atom is 0.274 e. The van der Waals surface area contributed by atoms with Crippen molar-refractivity contribution < 1.29 is 19.1 Å². The number of para-hydroxylation sites is 1. The summed E-state index contributed by atoms with van der Waals surface area (Å²) in [5, 5.41) is 4.01. The van der Waals surface area contributed by atoms with E-state index < -0.39 is 5.92 Å². The summed E-state index contributed by atoms with van der Waals surface area (Å²) in [7, 11) is 1.94. The number of carbonyl (C=O) groups excluding carboxylic acids is 3. The predicted octanol–water partition coefficient (Wildman–Crippen LogP) is 4.03. The number of likely N-dealkylation sites (tertiary alicyclic amines) is 1. The fourth-order valence-electron chi connectivity index (χ4n) is 6.64. The molecule has 5 aromatic rings. The van der Waals surface area contributed by atoms with Gasteiger partial charge in [0, 0.05) is 68.6 Å². The van der Waals surface area contributed by atoms with Gasteiger partial charge in [0.05, 0.1) is 18.0 Å². The Bertz CT molecular complexity index is 1930. The average Bonchev–Trinajstić information content (AvgIpc) is 3.77. The average molecular weight is 605 g/mol. The molecule has 230 valence electrons. The molecule has 2 aliphatic heterocycles. The minimum atomic E-state index is -0.415. The van der Waals surface area contributed by atoms with Gasteiger partial charge in [-0.15, -0.1) is 0 Å². The van der Waals surface area contributed by atoms with Crippen molar-refractivity contribution in [3.05, 3.63) is 102 Å². The number of imidazole rings is 1. The van der Waals surface area contributed by atoms with Crippen LogP contribution in [-0.4, -0.2) is 80.8 Å². The molecule has 2 aliphatic rings. The molecule has 3 amide bonds. The lowest BCUT2D eigenvalue weighted by Gasteiger charge is -2.24. The SMILES string of the molecule is Cc1ccn2cc(C(=O)N3CCCNC(=O)[C@H]4CN(C(=O)c5cn(C)c6ccccc56)C[C@@H]4c4cccc(c4)OCC3)nc2c1. The van der Waals surface area contributed by atoms with Gasteiger partial charge in [0.2, 0.25) is 5.91 Å². The van der Waals surface area contributed by atoms with Crippen molar-refractivity contribution in [1.82, 2.24) is 29.1 Å². The number of carbonyl (C=O) groups is 3. The van der Waals surface area contributed by atoms with Crippen LogP contribution < -0.4 is 10.1 Å². The maximum absolute atomic E-state index is 13.9. The summed E-state index contributed by atoms with van der Waals surface area (Å²) in [6, 6.07) is 19.5. The van der Waals surface area contributed by atoms with Crippen molar-refractivity contribution in [3.8, 4) is 5.75 Å². The van der Waals surface area contributed by atoms with Crippen molar-refractivity contribution in [3.63, 3.8) is 0 Å². The monoisotopic (exact) mass is 604 g/mol. The van der Waals surface area contributed by atoms with Gasteiger partial charge in [-0.25, -0.2) is 4.98 Å². The highest BCUT2D eigenvalue weighted by atomic mass is 16.5. The molecule has 0 aliphatic carbocycles.